The van der Waals surface area contributed by atoms with E-state index in [0.29, 0.717) is 12.5 Å². The van der Waals surface area contributed by atoms with Crippen LogP contribution in [0.15, 0.2) is 30.3 Å². The Morgan fingerprint density at radius 1 is 1.29 bits per heavy atom. The number of hydrogen-bond donors (Lipinski definition) is 0. The summed E-state index contributed by atoms with van der Waals surface area (Å²) in [6.07, 6.45) is 2.05. The Morgan fingerprint density at radius 2 is 2.12 bits per heavy atom. The predicted octanol–water partition coefficient (Wildman–Crippen LogP) is 3.24. The van der Waals surface area contributed by atoms with Crippen molar-refractivity contribution in [3.63, 3.8) is 0 Å². The molecule has 1 aromatic carbocycles. The summed E-state index contributed by atoms with van der Waals surface area (Å²) >= 11 is 6.02. The second-order valence-electron chi connectivity index (χ2n) is 4.72. The first kappa shape index (κ1) is 12.9. The van der Waals surface area contributed by atoms with Crippen molar-refractivity contribution in [1.82, 2.24) is 0 Å². The molecule has 0 amide bonds. The lowest BCUT2D eigenvalue weighted by molar-refractivity contribution is 0.0802. The molecule has 1 aromatic rings. The van der Waals surface area contributed by atoms with Gasteiger partial charge in [0.1, 0.15) is 0 Å². The quantitative estimate of drug-likeness (QED) is 0.573. The molecule has 0 spiro atoms. The van der Waals surface area contributed by atoms with Crippen molar-refractivity contribution in [2.45, 2.75) is 19.4 Å². The standard InChI is InChI=1S/C14H19ClO2/c15-11-14(7-9-17-12-14)6-8-16-10-13-4-2-1-3-5-13/h1-5H,6-12H2. The van der Waals surface area contributed by atoms with Crippen molar-refractivity contribution in [2.75, 3.05) is 25.7 Å². The fraction of sp³-hybridized carbons (Fsp3) is 0.571. The minimum Gasteiger partial charge on any atom is -0.381 e. The van der Waals surface area contributed by atoms with E-state index in [1.165, 1.54) is 5.56 Å². The molecule has 1 saturated heterocycles. The van der Waals surface area contributed by atoms with Crippen LogP contribution >= 0.6 is 11.6 Å². The molecule has 94 valence electrons. The van der Waals surface area contributed by atoms with Crippen LogP contribution in [0.3, 0.4) is 0 Å². The fourth-order valence-electron chi connectivity index (χ4n) is 2.07. The van der Waals surface area contributed by atoms with E-state index >= 15 is 0 Å². The average Bonchev–Trinajstić information content (AvgIpc) is 2.85. The average molecular weight is 255 g/mol. The van der Waals surface area contributed by atoms with Gasteiger partial charge in [0.25, 0.3) is 0 Å². The smallest absolute Gasteiger partial charge is 0.0716 e. The lowest BCUT2D eigenvalue weighted by Gasteiger charge is -2.24. The first-order valence-electron chi connectivity index (χ1n) is 6.10. The van der Waals surface area contributed by atoms with Crippen molar-refractivity contribution in [2.24, 2.45) is 5.41 Å². The van der Waals surface area contributed by atoms with Crippen LogP contribution in [0.1, 0.15) is 18.4 Å². The van der Waals surface area contributed by atoms with Crippen LogP contribution < -0.4 is 0 Å². The first-order valence-corrected chi connectivity index (χ1v) is 6.63. The van der Waals surface area contributed by atoms with Gasteiger partial charge in [-0.1, -0.05) is 30.3 Å². The summed E-state index contributed by atoms with van der Waals surface area (Å²) < 4.78 is 11.1. The summed E-state index contributed by atoms with van der Waals surface area (Å²) in [7, 11) is 0. The number of hydrogen-bond acceptors (Lipinski definition) is 2. The highest BCUT2D eigenvalue weighted by Gasteiger charge is 2.33. The largest absolute Gasteiger partial charge is 0.381 e. The van der Waals surface area contributed by atoms with Crippen LogP contribution in [0.4, 0.5) is 0 Å². The van der Waals surface area contributed by atoms with Crippen molar-refractivity contribution in [1.29, 1.82) is 0 Å². The third kappa shape index (κ3) is 3.70. The maximum atomic E-state index is 6.02. The Morgan fingerprint density at radius 3 is 2.76 bits per heavy atom. The van der Waals surface area contributed by atoms with Gasteiger partial charge >= 0.3 is 0 Å². The molecule has 0 N–H and O–H groups in total. The highest BCUT2D eigenvalue weighted by molar-refractivity contribution is 6.18. The van der Waals surface area contributed by atoms with E-state index < -0.39 is 0 Å². The minimum atomic E-state index is 0.151. The Hall–Kier alpha value is -0.570. The second-order valence-corrected chi connectivity index (χ2v) is 4.99. The van der Waals surface area contributed by atoms with E-state index in [-0.39, 0.29) is 5.41 Å². The Bertz CT molecular complexity index is 320. The van der Waals surface area contributed by atoms with E-state index in [1.54, 1.807) is 0 Å². The van der Waals surface area contributed by atoms with Gasteiger partial charge in [0, 0.05) is 24.5 Å². The molecule has 2 nitrogen and oxygen atoms in total. The summed E-state index contributed by atoms with van der Waals surface area (Å²) in [5, 5.41) is 0. The van der Waals surface area contributed by atoms with Gasteiger partial charge in [-0.2, -0.15) is 0 Å². The van der Waals surface area contributed by atoms with Gasteiger partial charge in [0.2, 0.25) is 0 Å². The third-order valence-electron chi connectivity index (χ3n) is 3.36. The van der Waals surface area contributed by atoms with E-state index in [9.17, 15) is 0 Å². The van der Waals surface area contributed by atoms with Gasteiger partial charge in [-0.25, -0.2) is 0 Å². The number of rotatable bonds is 6. The molecule has 1 aliphatic heterocycles. The molecule has 1 atom stereocenters. The van der Waals surface area contributed by atoms with Crippen LogP contribution in [0, 0.1) is 5.41 Å². The summed E-state index contributed by atoms with van der Waals surface area (Å²) in [5.74, 6) is 0.668. The Labute approximate surface area is 108 Å². The van der Waals surface area contributed by atoms with Crippen LogP contribution in [0.5, 0.6) is 0 Å². The van der Waals surface area contributed by atoms with Crippen LogP contribution in [-0.4, -0.2) is 25.7 Å². The third-order valence-corrected chi connectivity index (χ3v) is 3.92. The Balaban J connectivity index is 1.69. The summed E-state index contributed by atoms with van der Waals surface area (Å²) in [4.78, 5) is 0. The van der Waals surface area contributed by atoms with Gasteiger partial charge in [-0.3, -0.25) is 0 Å². The highest BCUT2D eigenvalue weighted by atomic mass is 35.5. The van der Waals surface area contributed by atoms with E-state index in [0.717, 1.165) is 32.7 Å². The number of ether oxygens (including phenoxy) is 2. The maximum absolute atomic E-state index is 6.02. The van der Waals surface area contributed by atoms with Gasteiger partial charge in [-0.15, -0.1) is 11.6 Å². The van der Waals surface area contributed by atoms with Crippen molar-refractivity contribution in [3.05, 3.63) is 35.9 Å². The van der Waals surface area contributed by atoms with Crippen LogP contribution in [0.25, 0.3) is 0 Å². The minimum absolute atomic E-state index is 0.151. The SMILES string of the molecule is ClCC1(CCOCc2ccccc2)CCOC1. The predicted molar refractivity (Wildman–Crippen MR) is 69.3 cm³/mol. The molecule has 17 heavy (non-hydrogen) atoms. The maximum Gasteiger partial charge on any atom is 0.0716 e. The van der Waals surface area contributed by atoms with Gasteiger partial charge in [-0.05, 0) is 18.4 Å². The van der Waals surface area contributed by atoms with Crippen molar-refractivity contribution in [3.8, 4) is 0 Å². The lowest BCUT2D eigenvalue weighted by atomic mass is 9.86. The van der Waals surface area contributed by atoms with E-state index in [1.807, 2.05) is 18.2 Å². The van der Waals surface area contributed by atoms with E-state index in [2.05, 4.69) is 12.1 Å². The first-order chi connectivity index (χ1) is 8.35. The monoisotopic (exact) mass is 254 g/mol. The van der Waals surface area contributed by atoms with E-state index in [4.69, 9.17) is 21.1 Å². The number of halogens is 1. The lowest BCUT2D eigenvalue weighted by Crippen LogP contribution is -2.25. The zero-order valence-electron chi connectivity index (χ0n) is 10.0. The molecule has 3 heteroatoms. The fourth-order valence-corrected chi connectivity index (χ4v) is 2.42. The molecule has 0 aliphatic carbocycles. The normalized spacial score (nSPS) is 24.1. The van der Waals surface area contributed by atoms with Gasteiger partial charge in [0.05, 0.1) is 13.2 Å². The van der Waals surface area contributed by atoms with Crippen LogP contribution in [0.2, 0.25) is 0 Å². The molecule has 1 fully saturated rings. The Kier molecular flexibility index (Phi) is 4.84. The van der Waals surface area contributed by atoms with Gasteiger partial charge in [0.15, 0.2) is 0 Å². The van der Waals surface area contributed by atoms with Gasteiger partial charge < -0.3 is 9.47 Å². The summed E-state index contributed by atoms with van der Waals surface area (Å²) in [6, 6.07) is 10.2. The summed E-state index contributed by atoms with van der Waals surface area (Å²) in [5.41, 5.74) is 1.37. The molecule has 1 aliphatic rings. The second kappa shape index (κ2) is 6.39. The molecular formula is C14H19ClO2. The van der Waals surface area contributed by atoms with Crippen LogP contribution in [-0.2, 0) is 16.1 Å². The number of benzene rings is 1. The molecule has 0 bridgehead atoms. The highest BCUT2D eigenvalue weighted by Crippen LogP contribution is 2.33. The molecule has 2 rings (SSSR count). The molecule has 1 heterocycles. The molecule has 0 aromatic heterocycles. The topological polar surface area (TPSA) is 18.5 Å². The molecule has 1 unspecified atom stereocenters. The summed E-state index contributed by atoms with van der Waals surface area (Å²) in [6.45, 7) is 3.06. The zero-order valence-corrected chi connectivity index (χ0v) is 10.8. The van der Waals surface area contributed by atoms with Crippen molar-refractivity contribution >= 4 is 11.6 Å². The molecular weight excluding hydrogens is 236 g/mol. The molecule has 0 radical (unpaired) electrons. The van der Waals surface area contributed by atoms with Crippen molar-refractivity contribution < 1.29 is 9.47 Å². The zero-order chi connectivity index (χ0) is 12.0. The number of alkyl halides is 1. The molecule has 0 saturated carbocycles.